The molecule has 1 aromatic heterocycles. The van der Waals surface area contributed by atoms with Gasteiger partial charge in [-0.2, -0.15) is 0 Å². The minimum Gasteiger partial charge on any atom is -0.318 e. The first-order valence-electron chi connectivity index (χ1n) is 10.1. The molecule has 6 nitrogen and oxygen atoms in total. The molecular weight excluding hydrogens is 426 g/mol. The van der Waals surface area contributed by atoms with Gasteiger partial charge in [0, 0.05) is 22.1 Å². The quantitative estimate of drug-likeness (QED) is 0.452. The summed E-state index contributed by atoms with van der Waals surface area (Å²) in [6, 6.07) is 13.8. The van der Waals surface area contributed by atoms with Crippen LogP contribution in [0.3, 0.4) is 0 Å². The van der Waals surface area contributed by atoms with Crippen LogP contribution in [-0.4, -0.2) is 22.4 Å². The number of para-hydroxylation sites is 1. The Morgan fingerprint density at radius 2 is 1.56 bits per heavy atom. The number of rotatable bonds is 3. The number of nitrogens with one attached hydrogen (secondary N) is 1. The summed E-state index contributed by atoms with van der Waals surface area (Å²) in [7, 11) is 0. The van der Waals surface area contributed by atoms with E-state index in [0.717, 1.165) is 33.1 Å². The predicted molar refractivity (Wildman–Crippen MR) is 125 cm³/mol. The summed E-state index contributed by atoms with van der Waals surface area (Å²) < 4.78 is 2.03. The lowest BCUT2D eigenvalue weighted by Gasteiger charge is -2.27. The predicted octanol–water partition coefficient (Wildman–Crippen LogP) is 5.03. The fourth-order valence-electron chi connectivity index (χ4n) is 3.97. The number of amides is 4. The molecule has 162 valence electrons. The largest absolute Gasteiger partial charge is 0.335 e. The van der Waals surface area contributed by atoms with Gasteiger partial charge in [0.2, 0.25) is 0 Å². The molecule has 0 bridgehead atoms. The topological polar surface area (TPSA) is 71.4 Å². The van der Waals surface area contributed by atoms with E-state index >= 15 is 0 Å². The summed E-state index contributed by atoms with van der Waals surface area (Å²) in [5, 5.41) is 2.90. The lowest BCUT2D eigenvalue weighted by atomic mass is 10.1. The molecular formula is C25H22ClN3O3. The van der Waals surface area contributed by atoms with E-state index in [1.54, 1.807) is 25.1 Å². The molecule has 1 fully saturated rings. The number of anilines is 1. The van der Waals surface area contributed by atoms with Crippen molar-refractivity contribution in [1.82, 2.24) is 9.88 Å². The van der Waals surface area contributed by atoms with Crippen LogP contribution in [0.2, 0.25) is 5.02 Å². The third-order valence-electron chi connectivity index (χ3n) is 5.64. The molecule has 0 aliphatic carbocycles. The summed E-state index contributed by atoms with van der Waals surface area (Å²) in [4.78, 5) is 39.3. The van der Waals surface area contributed by atoms with Crippen LogP contribution < -0.4 is 10.2 Å². The number of hydrogen-bond acceptors (Lipinski definition) is 3. The molecule has 0 saturated carbocycles. The second-order valence-electron chi connectivity index (χ2n) is 7.84. The first kappa shape index (κ1) is 21.6. The first-order chi connectivity index (χ1) is 15.2. The van der Waals surface area contributed by atoms with Crippen LogP contribution >= 0.6 is 11.6 Å². The van der Waals surface area contributed by atoms with E-state index in [1.165, 1.54) is 6.08 Å². The number of aromatic nitrogens is 1. The zero-order chi connectivity index (χ0) is 23.2. The Balaban J connectivity index is 1.81. The van der Waals surface area contributed by atoms with Gasteiger partial charge in [-0.05, 0) is 74.7 Å². The third-order valence-corrected chi connectivity index (χ3v) is 5.88. The van der Waals surface area contributed by atoms with Crippen LogP contribution in [-0.2, 0) is 9.59 Å². The molecule has 0 atom stereocenters. The molecule has 1 aliphatic rings. The number of carbonyl (C=O) groups is 3. The summed E-state index contributed by atoms with van der Waals surface area (Å²) in [6.07, 6.45) is 1.54. The van der Waals surface area contributed by atoms with Gasteiger partial charge in [0.15, 0.2) is 0 Å². The fourth-order valence-corrected chi connectivity index (χ4v) is 4.14. The van der Waals surface area contributed by atoms with Crippen LogP contribution in [0.25, 0.3) is 11.8 Å². The Labute approximate surface area is 191 Å². The second kappa shape index (κ2) is 8.13. The molecule has 0 unspecified atom stereocenters. The van der Waals surface area contributed by atoms with Gasteiger partial charge in [-0.3, -0.25) is 14.9 Å². The van der Waals surface area contributed by atoms with Gasteiger partial charge in [-0.15, -0.1) is 0 Å². The van der Waals surface area contributed by atoms with Crippen molar-refractivity contribution in [3.63, 3.8) is 0 Å². The van der Waals surface area contributed by atoms with Gasteiger partial charge in [0.25, 0.3) is 11.8 Å². The molecule has 1 N–H and O–H groups in total. The van der Waals surface area contributed by atoms with Crippen molar-refractivity contribution < 1.29 is 14.4 Å². The number of hydrogen-bond donors (Lipinski definition) is 1. The molecule has 7 heteroatoms. The Kier molecular flexibility index (Phi) is 5.48. The molecule has 1 aliphatic heterocycles. The van der Waals surface area contributed by atoms with E-state index in [9.17, 15) is 14.4 Å². The van der Waals surface area contributed by atoms with E-state index in [-0.39, 0.29) is 5.57 Å². The average Bonchev–Trinajstić information content (AvgIpc) is 3.01. The van der Waals surface area contributed by atoms with Crippen LogP contribution in [0.5, 0.6) is 0 Å². The van der Waals surface area contributed by atoms with Crippen LogP contribution in [0, 0.1) is 27.7 Å². The van der Waals surface area contributed by atoms with Crippen molar-refractivity contribution in [1.29, 1.82) is 0 Å². The summed E-state index contributed by atoms with van der Waals surface area (Å²) in [5.74, 6) is -1.37. The van der Waals surface area contributed by atoms with Gasteiger partial charge in [-0.1, -0.05) is 35.9 Å². The fraction of sp³-hybridized carbons (Fsp3) is 0.160. The Morgan fingerprint density at radius 1 is 0.875 bits per heavy atom. The molecule has 32 heavy (non-hydrogen) atoms. The van der Waals surface area contributed by atoms with Crippen molar-refractivity contribution in [3.05, 3.63) is 87.2 Å². The SMILES string of the molecule is Cc1ccccc1N1C(=O)NC(=O)/C(=C\c2cc(C)n(-c3cc(Cl)ccc3C)c2C)C1=O. The van der Waals surface area contributed by atoms with E-state index in [4.69, 9.17) is 11.6 Å². The molecule has 2 aromatic carbocycles. The van der Waals surface area contributed by atoms with Crippen LogP contribution in [0.1, 0.15) is 28.1 Å². The van der Waals surface area contributed by atoms with Gasteiger partial charge >= 0.3 is 6.03 Å². The highest BCUT2D eigenvalue weighted by Gasteiger charge is 2.37. The van der Waals surface area contributed by atoms with Gasteiger partial charge < -0.3 is 4.57 Å². The molecule has 0 spiro atoms. The zero-order valence-corrected chi connectivity index (χ0v) is 18.9. The van der Waals surface area contributed by atoms with Crippen molar-refractivity contribution in [2.24, 2.45) is 0 Å². The van der Waals surface area contributed by atoms with E-state index in [2.05, 4.69) is 5.32 Å². The maximum atomic E-state index is 13.2. The number of aryl methyl sites for hydroxylation is 3. The normalized spacial score (nSPS) is 15.5. The van der Waals surface area contributed by atoms with Crippen LogP contribution in [0.15, 0.2) is 54.1 Å². The number of halogens is 1. The standard InChI is InChI=1S/C25H22ClN3O3/c1-14-7-5-6-8-21(14)29-24(31)20(23(30)27-25(29)32)12-18-11-16(3)28(17(18)4)22-13-19(26)10-9-15(22)2/h5-13H,1-4H3,(H,27,30,32)/b20-12+. The number of nitrogens with zero attached hydrogens (tertiary/aromatic N) is 2. The van der Waals surface area contributed by atoms with Gasteiger partial charge in [0.05, 0.1) is 5.69 Å². The molecule has 4 rings (SSSR count). The molecule has 4 amide bonds. The summed E-state index contributed by atoms with van der Waals surface area (Å²) in [6.45, 7) is 7.65. The third kappa shape index (κ3) is 3.63. The number of benzene rings is 2. The van der Waals surface area contributed by atoms with Gasteiger partial charge in [0.1, 0.15) is 5.57 Å². The van der Waals surface area contributed by atoms with Gasteiger partial charge in [-0.25, -0.2) is 9.69 Å². The maximum absolute atomic E-state index is 13.2. The Hall–Kier alpha value is -3.64. The smallest absolute Gasteiger partial charge is 0.318 e. The van der Waals surface area contributed by atoms with E-state index in [1.807, 2.05) is 55.7 Å². The van der Waals surface area contributed by atoms with E-state index in [0.29, 0.717) is 16.3 Å². The zero-order valence-electron chi connectivity index (χ0n) is 18.2. The molecule has 2 heterocycles. The minimum atomic E-state index is -0.758. The van der Waals surface area contributed by atoms with Crippen molar-refractivity contribution >= 4 is 41.2 Å². The Bertz CT molecular complexity index is 1320. The maximum Gasteiger partial charge on any atom is 0.335 e. The number of imide groups is 2. The van der Waals surface area contributed by atoms with Crippen molar-refractivity contribution in [2.45, 2.75) is 27.7 Å². The highest BCUT2D eigenvalue weighted by atomic mass is 35.5. The first-order valence-corrected chi connectivity index (χ1v) is 10.5. The van der Waals surface area contributed by atoms with E-state index < -0.39 is 17.8 Å². The number of carbonyl (C=O) groups excluding carboxylic acids is 3. The Morgan fingerprint density at radius 3 is 2.28 bits per heavy atom. The summed E-state index contributed by atoms with van der Waals surface area (Å²) >= 11 is 6.21. The molecule has 0 radical (unpaired) electrons. The minimum absolute atomic E-state index is 0.101. The average molecular weight is 448 g/mol. The monoisotopic (exact) mass is 447 g/mol. The highest BCUT2D eigenvalue weighted by Crippen LogP contribution is 2.29. The number of barbiturate groups is 1. The lowest BCUT2D eigenvalue weighted by Crippen LogP contribution is -2.54. The van der Waals surface area contributed by atoms with Crippen molar-refractivity contribution in [2.75, 3.05) is 4.90 Å². The lowest BCUT2D eigenvalue weighted by molar-refractivity contribution is -0.122. The molecule has 3 aromatic rings. The van der Waals surface area contributed by atoms with Crippen LogP contribution in [0.4, 0.5) is 10.5 Å². The van der Waals surface area contributed by atoms with Crippen molar-refractivity contribution in [3.8, 4) is 5.69 Å². The summed E-state index contributed by atoms with van der Waals surface area (Å²) in [5.41, 5.74) is 5.53. The second-order valence-corrected chi connectivity index (χ2v) is 8.27. The number of urea groups is 1. The highest BCUT2D eigenvalue weighted by molar-refractivity contribution is 6.39. The molecule has 1 saturated heterocycles.